The number of benzene rings is 2. The summed E-state index contributed by atoms with van der Waals surface area (Å²) < 4.78 is 5.71. The number of aryl methyl sites for hydroxylation is 1. The second kappa shape index (κ2) is 10.0. The Morgan fingerprint density at radius 1 is 0.737 bits per heavy atom. The third-order valence-corrected chi connectivity index (χ3v) is 2.23. The average Bonchev–Trinajstić information content (AvgIpc) is 2.48. The minimum atomic E-state index is 0.653. The lowest BCUT2D eigenvalue weighted by Crippen LogP contribution is -1.92. The summed E-state index contributed by atoms with van der Waals surface area (Å²) in [4.78, 5) is 0. The Morgan fingerprint density at radius 3 is 1.74 bits per heavy atom. The molecule has 0 fully saturated rings. The van der Waals surface area contributed by atoms with Gasteiger partial charge in [-0.05, 0) is 30.7 Å². The molecule has 0 heterocycles. The molecule has 0 saturated heterocycles. The molecule has 0 aliphatic heterocycles. The molecule has 0 aromatic heterocycles. The van der Waals surface area contributed by atoms with Crippen LogP contribution in [0.2, 0.25) is 0 Å². The maximum Gasteiger partial charge on any atom is 0.150 e. The van der Waals surface area contributed by atoms with Gasteiger partial charge in [-0.2, -0.15) is 0 Å². The number of nitrogen functional groups attached to an aromatic ring is 1. The number of ether oxygens (including phenoxy) is 1. The molecule has 2 aromatic carbocycles. The first-order chi connectivity index (χ1) is 9.27. The molecule has 0 atom stereocenters. The molecule has 0 spiro atoms. The van der Waals surface area contributed by atoms with Gasteiger partial charge in [0.25, 0.3) is 0 Å². The van der Waals surface area contributed by atoms with Gasteiger partial charge in [0.2, 0.25) is 0 Å². The van der Waals surface area contributed by atoms with Gasteiger partial charge in [-0.15, -0.1) is 0 Å². The zero-order valence-corrected chi connectivity index (χ0v) is 12.6. The van der Waals surface area contributed by atoms with Crippen LogP contribution in [0, 0.1) is 6.92 Å². The minimum absolute atomic E-state index is 0.653. The number of hydrogen-bond donors (Lipinski definition) is 1. The number of rotatable bonds is 2. The van der Waals surface area contributed by atoms with Crippen molar-refractivity contribution in [2.75, 3.05) is 5.73 Å². The molecular weight excluding hydrogens is 234 g/mol. The van der Waals surface area contributed by atoms with Crippen LogP contribution >= 0.6 is 0 Å². The zero-order chi connectivity index (χ0) is 14.7. The number of nitrogens with two attached hydrogens (primary N) is 1. The van der Waals surface area contributed by atoms with Gasteiger partial charge in [-0.3, -0.25) is 0 Å². The van der Waals surface area contributed by atoms with E-state index in [1.807, 2.05) is 83.1 Å². The van der Waals surface area contributed by atoms with Crippen molar-refractivity contribution in [2.45, 2.75) is 34.6 Å². The topological polar surface area (TPSA) is 35.2 Å². The Morgan fingerprint density at radius 2 is 1.21 bits per heavy atom. The van der Waals surface area contributed by atoms with E-state index >= 15 is 0 Å². The Balaban J connectivity index is 0.000000741. The van der Waals surface area contributed by atoms with Crippen LogP contribution in [0.4, 0.5) is 5.69 Å². The van der Waals surface area contributed by atoms with Crippen molar-refractivity contribution in [3.05, 3.63) is 54.1 Å². The minimum Gasteiger partial charge on any atom is -0.455 e. The molecule has 104 valence electrons. The Hall–Kier alpha value is -1.96. The molecule has 0 amide bonds. The van der Waals surface area contributed by atoms with Crippen LogP contribution < -0.4 is 10.5 Å². The van der Waals surface area contributed by atoms with Gasteiger partial charge in [0.15, 0.2) is 0 Å². The van der Waals surface area contributed by atoms with E-state index in [4.69, 9.17) is 10.5 Å². The van der Waals surface area contributed by atoms with E-state index in [0.717, 1.165) is 11.3 Å². The van der Waals surface area contributed by atoms with Crippen LogP contribution in [-0.2, 0) is 0 Å². The smallest absolute Gasteiger partial charge is 0.150 e. The highest BCUT2D eigenvalue weighted by Crippen LogP contribution is 2.28. The predicted octanol–water partition coefficient (Wildman–Crippen LogP) is 5.42. The fourth-order valence-corrected chi connectivity index (χ4v) is 1.36. The SMILES string of the molecule is CC.CC.Cc1ccccc1Oc1ccccc1N. The highest BCUT2D eigenvalue weighted by molar-refractivity contribution is 5.54. The molecule has 2 nitrogen and oxygen atoms in total. The van der Waals surface area contributed by atoms with Crippen LogP contribution in [0.5, 0.6) is 11.5 Å². The molecule has 0 bridgehead atoms. The lowest BCUT2D eigenvalue weighted by molar-refractivity contribution is 0.481. The van der Waals surface area contributed by atoms with Crippen LogP contribution in [-0.4, -0.2) is 0 Å². The van der Waals surface area contributed by atoms with Crippen molar-refractivity contribution < 1.29 is 4.74 Å². The summed E-state index contributed by atoms with van der Waals surface area (Å²) >= 11 is 0. The monoisotopic (exact) mass is 259 g/mol. The van der Waals surface area contributed by atoms with Gasteiger partial charge in [0.1, 0.15) is 11.5 Å². The van der Waals surface area contributed by atoms with Crippen LogP contribution in [0.15, 0.2) is 48.5 Å². The number of para-hydroxylation sites is 3. The molecule has 2 rings (SSSR count). The average molecular weight is 259 g/mol. The summed E-state index contributed by atoms with van der Waals surface area (Å²) in [7, 11) is 0. The summed E-state index contributed by atoms with van der Waals surface area (Å²) in [5.74, 6) is 1.54. The highest BCUT2D eigenvalue weighted by Gasteiger charge is 2.02. The van der Waals surface area contributed by atoms with E-state index in [2.05, 4.69) is 0 Å². The van der Waals surface area contributed by atoms with Crippen molar-refractivity contribution in [3.63, 3.8) is 0 Å². The molecule has 0 aliphatic rings. The van der Waals surface area contributed by atoms with Gasteiger partial charge >= 0.3 is 0 Å². The van der Waals surface area contributed by atoms with Crippen molar-refractivity contribution >= 4 is 5.69 Å². The third kappa shape index (κ3) is 5.47. The quantitative estimate of drug-likeness (QED) is 0.731. The van der Waals surface area contributed by atoms with E-state index < -0.39 is 0 Å². The summed E-state index contributed by atoms with van der Waals surface area (Å²) in [6.07, 6.45) is 0. The van der Waals surface area contributed by atoms with Gasteiger partial charge < -0.3 is 10.5 Å². The third-order valence-electron chi connectivity index (χ3n) is 2.23. The van der Waals surface area contributed by atoms with E-state index in [1.165, 1.54) is 0 Å². The lowest BCUT2D eigenvalue weighted by Gasteiger charge is -2.09. The Labute approximate surface area is 117 Å². The van der Waals surface area contributed by atoms with Crippen LogP contribution in [0.1, 0.15) is 33.3 Å². The van der Waals surface area contributed by atoms with E-state index in [0.29, 0.717) is 11.4 Å². The highest BCUT2D eigenvalue weighted by atomic mass is 16.5. The molecule has 2 aromatic rings. The first-order valence-electron chi connectivity index (χ1n) is 6.85. The second-order valence-electron chi connectivity index (χ2n) is 3.41. The first-order valence-corrected chi connectivity index (χ1v) is 6.85. The van der Waals surface area contributed by atoms with E-state index in [9.17, 15) is 0 Å². The first kappa shape index (κ1) is 17.0. The fourth-order valence-electron chi connectivity index (χ4n) is 1.36. The lowest BCUT2D eigenvalue weighted by atomic mass is 10.2. The van der Waals surface area contributed by atoms with Crippen molar-refractivity contribution in [3.8, 4) is 11.5 Å². The molecule has 19 heavy (non-hydrogen) atoms. The summed E-state index contributed by atoms with van der Waals surface area (Å²) in [6.45, 7) is 10.0. The Kier molecular flexibility index (Phi) is 8.98. The molecule has 0 aliphatic carbocycles. The predicted molar refractivity (Wildman–Crippen MR) is 84.8 cm³/mol. The standard InChI is InChI=1S/C13H13NO.2C2H6/c1-10-6-2-4-8-12(10)15-13-9-5-3-7-11(13)14;2*1-2/h2-9H,14H2,1H3;2*1-2H3. The van der Waals surface area contributed by atoms with Crippen molar-refractivity contribution in [1.82, 2.24) is 0 Å². The van der Waals surface area contributed by atoms with Crippen molar-refractivity contribution in [1.29, 1.82) is 0 Å². The normalized spacial score (nSPS) is 8.47. The molecule has 0 unspecified atom stereocenters. The van der Waals surface area contributed by atoms with E-state index in [1.54, 1.807) is 0 Å². The molecule has 0 saturated carbocycles. The molecule has 0 radical (unpaired) electrons. The fraction of sp³-hybridized carbons (Fsp3) is 0.294. The summed E-state index contributed by atoms with van der Waals surface area (Å²) in [5.41, 5.74) is 7.54. The Bertz CT molecular complexity index is 423. The summed E-state index contributed by atoms with van der Waals surface area (Å²) in [5, 5.41) is 0. The second-order valence-corrected chi connectivity index (χ2v) is 3.41. The van der Waals surface area contributed by atoms with Gasteiger partial charge in [0, 0.05) is 0 Å². The maximum absolute atomic E-state index is 5.79. The number of hydrogen-bond acceptors (Lipinski definition) is 2. The summed E-state index contributed by atoms with van der Waals surface area (Å²) in [6, 6.07) is 15.4. The largest absolute Gasteiger partial charge is 0.455 e. The van der Waals surface area contributed by atoms with Crippen molar-refractivity contribution in [2.24, 2.45) is 0 Å². The van der Waals surface area contributed by atoms with Gasteiger partial charge in [-0.25, -0.2) is 0 Å². The van der Waals surface area contributed by atoms with Gasteiger partial charge in [0.05, 0.1) is 5.69 Å². The molecular formula is C17H25NO. The van der Waals surface area contributed by atoms with Crippen LogP contribution in [0.25, 0.3) is 0 Å². The van der Waals surface area contributed by atoms with Crippen LogP contribution in [0.3, 0.4) is 0 Å². The number of anilines is 1. The zero-order valence-electron chi connectivity index (χ0n) is 12.6. The maximum atomic E-state index is 5.79. The van der Waals surface area contributed by atoms with Gasteiger partial charge in [-0.1, -0.05) is 58.0 Å². The molecule has 2 heteroatoms. The van der Waals surface area contributed by atoms with E-state index in [-0.39, 0.29) is 0 Å². The molecule has 2 N–H and O–H groups in total.